The minimum atomic E-state index is 1.10. The van der Waals surface area contributed by atoms with Crippen molar-refractivity contribution in [2.75, 3.05) is 33.3 Å². The predicted octanol–water partition coefficient (Wildman–Crippen LogP) is 1.98. The highest BCUT2D eigenvalue weighted by Crippen LogP contribution is 2.32. The van der Waals surface area contributed by atoms with Gasteiger partial charge in [0, 0.05) is 32.7 Å². The molecule has 3 heteroatoms. The number of nitrogens with zero attached hydrogens (tertiary/aromatic N) is 1. The van der Waals surface area contributed by atoms with Gasteiger partial charge in [-0.25, -0.2) is 0 Å². The number of methoxy groups -OCH3 is 1. The molecule has 3 rings (SSSR count). The molecule has 1 aromatic rings. The number of ether oxygens (including phenoxy) is 1. The molecule has 1 aromatic carbocycles. The van der Waals surface area contributed by atoms with E-state index in [4.69, 9.17) is 4.74 Å². The van der Waals surface area contributed by atoms with Gasteiger partial charge in [-0.15, -0.1) is 0 Å². The molecule has 0 unspecified atom stereocenters. The summed E-state index contributed by atoms with van der Waals surface area (Å²) in [4.78, 5) is 2.56. The molecule has 0 radical (unpaired) electrons. The van der Waals surface area contributed by atoms with Crippen LogP contribution in [0.1, 0.15) is 29.5 Å². The summed E-state index contributed by atoms with van der Waals surface area (Å²) < 4.78 is 5.53. The first-order valence-corrected chi connectivity index (χ1v) is 7.49. The van der Waals surface area contributed by atoms with Crippen molar-refractivity contribution in [2.45, 2.75) is 32.2 Å². The molecule has 19 heavy (non-hydrogen) atoms. The third-order valence-corrected chi connectivity index (χ3v) is 4.41. The molecular weight excluding hydrogens is 236 g/mol. The number of benzene rings is 1. The van der Waals surface area contributed by atoms with Crippen molar-refractivity contribution in [3.63, 3.8) is 0 Å². The van der Waals surface area contributed by atoms with E-state index in [1.54, 1.807) is 12.7 Å². The van der Waals surface area contributed by atoms with E-state index in [2.05, 4.69) is 22.3 Å². The molecule has 0 atom stereocenters. The summed E-state index contributed by atoms with van der Waals surface area (Å²) >= 11 is 0. The van der Waals surface area contributed by atoms with Crippen LogP contribution < -0.4 is 10.1 Å². The minimum absolute atomic E-state index is 1.10. The van der Waals surface area contributed by atoms with E-state index >= 15 is 0 Å². The molecule has 104 valence electrons. The molecule has 0 spiro atoms. The summed E-state index contributed by atoms with van der Waals surface area (Å²) in [6, 6.07) is 4.45. The van der Waals surface area contributed by atoms with Gasteiger partial charge in [-0.3, -0.25) is 4.90 Å². The lowest BCUT2D eigenvalue weighted by Crippen LogP contribution is -2.43. The molecule has 1 heterocycles. The Balaban J connectivity index is 1.84. The Morgan fingerprint density at radius 2 is 1.84 bits per heavy atom. The number of hydrogen-bond acceptors (Lipinski definition) is 3. The van der Waals surface area contributed by atoms with E-state index in [1.165, 1.54) is 49.9 Å². The van der Waals surface area contributed by atoms with Gasteiger partial charge >= 0.3 is 0 Å². The zero-order valence-electron chi connectivity index (χ0n) is 11.9. The molecule has 1 saturated heterocycles. The second kappa shape index (κ2) is 5.93. The maximum absolute atomic E-state index is 5.53. The first kappa shape index (κ1) is 12.9. The van der Waals surface area contributed by atoms with E-state index in [0.29, 0.717) is 0 Å². The van der Waals surface area contributed by atoms with Gasteiger partial charge in [0.15, 0.2) is 0 Å². The van der Waals surface area contributed by atoms with Crippen LogP contribution in [0, 0.1) is 0 Å². The number of rotatable bonds is 3. The Labute approximate surface area is 115 Å². The average molecular weight is 260 g/mol. The van der Waals surface area contributed by atoms with Gasteiger partial charge in [-0.05, 0) is 48.4 Å². The highest BCUT2D eigenvalue weighted by molar-refractivity contribution is 5.46. The van der Waals surface area contributed by atoms with Crippen LogP contribution in [0.2, 0.25) is 0 Å². The van der Waals surface area contributed by atoms with Crippen LogP contribution in [-0.2, 0) is 19.4 Å². The zero-order valence-corrected chi connectivity index (χ0v) is 11.9. The van der Waals surface area contributed by atoms with E-state index in [1.807, 2.05) is 0 Å². The van der Waals surface area contributed by atoms with Gasteiger partial charge in [0.05, 0.1) is 7.11 Å². The highest BCUT2D eigenvalue weighted by atomic mass is 16.5. The molecule has 1 aliphatic heterocycles. The van der Waals surface area contributed by atoms with Gasteiger partial charge < -0.3 is 10.1 Å². The van der Waals surface area contributed by atoms with Crippen LogP contribution in [0.4, 0.5) is 0 Å². The quantitative estimate of drug-likeness (QED) is 0.899. The molecule has 0 aromatic heterocycles. The Kier molecular flexibility index (Phi) is 4.04. The van der Waals surface area contributed by atoms with Crippen LogP contribution in [0.15, 0.2) is 12.1 Å². The molecule has 1 fully saturated rings. The normalized spacial score (nSPS) is 20.1. The molecule has 0 amide bonds. The van der Waals surface area contributed by atoms with Gasteiger partial charge in [-0.1, -0.05) is 6.07 Å². The maximum Gasteiger partial charge on any atom is 0.122 e. The van der Waals surface area contributed by atoms with Gasteiger partial charge in [0.1, 0.15) is 5.75 Å². The second-order valence-corrected chi connectivity index (χ2v) is 5.62. The number of nitrogens with one attached hydrogen (secondary N) is 1. The Morgan fingerprint density at radius 1 is 1.11 bits per heavy atom. The first-order chi connectivity index (χ1) is 9.38. The first-order valence-electron chi connectivity index (χ1n) is 7.49. The standard InChI is InChI=1S/C16H24N2O/c1-19-16-7-6-13(12-18-10-8-17-9-11-18)14-4-2-3-5-15(14)16/h6-7,17H,2-5,8-12H2,1H3. The van der Waals surface area contributed by atoms with Crippen molar-refractivity contribution in [2.24, 2.45) is 0 Å². The van der Waals surface area contributed by atoms with Crippen molar-refractivity contribution in [1.29, 1.82) is 0 Å². The largest absolute Gasteiger partial charge is 0.496 e. The summed E-state index contributed by atoms with van der Waals surface area (Å²) in [6.45, 7) is 5.69. The fourth-order valence-corrected chi connectivity index (χ4v) is 3.36. The second-order valence-electron chi connectivity index (χ2n) is 5.62. The van der Waals surface area contributed by atoms with E-state index < -0.39 is 0 Å². The average Bonchev–Trinajstić information content (AvgIpc) is 2.49. The maximum atomic E-state index is 5.53. The number of fused-ring (bicyclic) bond motifs is 1. The van der Waals surface area contributed by atoms with E-state index in [-0.39, 0.29) is 0 Å². The Hall–Kier alpha value is -1.06. The molecule has 0 bridgehead atoms. The fourth-order valence-electron chi connectivity index (χ4n) is 3.36. The Morgan fingerprint density at radius 3 is 2.58 bits per heavy atom. The summed E-state index contributed by atoms with van der Waals surface area (Å²) in [5.41, 5.74) is 4.57. The molecule has 1 N–H and O–H groups in total. The molecular formula is C16H24N2O. The predicted molar refractivity (Wildman–Crippen MR) is 77.8 cm³/mol. The zero-order chi connectivity index (χ0) is 13.1. The van der Waals surface area contributed by atoms with Crippen molar-refractivity contribution >= 4 is 0 Å². The SMILES string of the molecule is COc1ccc(CN2CCNCC2)c2c1CCCC2. The van der Waals surface area contributed by atoms with Crippen LogP contribution in [0.5, 0.6) is 5.75 Å². The summed E-state index contributed by atoms with van der Waals surface area (Å²) in [5.74, 6) is 1.10. The van der Waals surface area contributed by atoms with Crippen LogP contribution >= 0.6 is 0 Å². The monoisotopic (exact) mass is 260 g/mol. The fraction of sp³-hybridized carbons (Fsp3) is 0.625. The van der Waals surface area contributed by atoms with Crippen molar-refractivity contribution in [3.8, 4) is 5.75 Å². The number of hydrogen-bond donors (Lipinski definition) is 1. The lowest BCUT2D eigenvalue weighted by molar-refractivity contribution is 0.232. The molecule has 3 nitrogen and oxygen atoms in total. The van der Waals surface area contributed by atoms with Crippen LogP contribution in [0.25, 0.3) is 0 Å². The van der Waals surface area contributed by atoms with Crippen LogP contribution in [-0.4, -0.2) is 38.2 Å². The molecule has 1 aliphatic carbocycles. The van der Waals surface area contributed by atoms with Crippen molar-refractivity contribution in [1.82, 2.24) is 10.2 Å². The number of piperazine rings is 1. The van der Waals surface area contributed by atoms with Gasteiger partial charge in [-0.2, -0.15) is 0 Å². The van der Waals surface area contributed by atoms with Gasteiger partial charge in [0.2, 0.25) is 0 Å². The highest BCUT2D eigenvalue weighted by Gasteiger charge is 2.19. The third kappa shape index (κ3) is 2.77. The molecule has 2 aliphatic rings. The topological polar surface area (TPSA) is 24.5 Å². The smallest absolute Gasteiger partial charge is 0.122 e. The van der Waals surface area contributed by atoms with Crippen molar-refractivity contribution < 1.29 is 4.74 Å². The lowest BCUT2D eigenvalue weighted by Gasteiger charge is -2.29. The Bertz CT molecular complexity index is 439. The van der Waals surface area contributed by atoms with E-state index in [9.17, 15) is 0 Å². The summed E-state index contributed by atoms with van der Waals surface area (Å²) in [5, 5.41) is 3.42. The van der Waals surface area contributed by atoms with E-state index in [0.717, 1.165) is 25.4 Å². The third-order valence-electron chi connectivity index (χ3n) is 4.41. The lowest BCUT2D eigenvalue weighted by atomic mass is 9.87. The van der Waals surface area contributed by atoms with Crippen LogP contribution in [0.3, 0.4) is 0 Å². The van der Waals surface area contributed by atoms with Gasteiger partial charge in [0.25, 0.3) is 0 Å². The van der Waals surface area contributed by atoms with Crippen molar-refractivity contribution in [3.05, 3.63) is 28.8 Å². The summed E-state index contributed by atoms with van der Waals surface area (Å²) in [6.07, 6.45) is 5.05. The minimum Gasteiger partial charge on any atom is -0.496 e. The summed E-state index contributed by atoms with van der Waals surface area (Å²) in [7, 11) is 1.79. The molecule has 0 saturated carbocycles.